The van der Waals surface area contributed by atoms with Crippen LogP contribution >= 0.6 is 15.9 Å². The van der Waals surface area contributed by atoms with E-state index < -0.39 is 0 Å². The first kappa shape index (κ1) is 15.5. The van der Waals surface area contributed by atoms with Gasteiger partial charge >= 0.3 is 0 Å². The summed E-state index contributed by atoms with van der Waals surface area (Å²) in [6.07, 6.45) is 2.44. The Morgan fingerprint density at radius 2 is 2.06 bits per heavy atom. The molecule has 2 nitrogen and oxygen atoms in total. The molecule has 2 unspecified atom stereocenters. The van der Waals surface area contributed by atoms with Gasteiger partial charge < -0.3 is 10.1 Å². The van der Waals surface area contributed by atoms with Crippen LogP contribution in [0.15, 0.2) is 22.7 Å². The summed E-state index contributed by atoms with van der Waals surface area (Å²) in [6.45, 7) is 7.67. The Kier molecular flexibility index (Phi) is 6.72. The molecule has 0 aliphatic carbocycles. The van der Waals surface area contributed by atoms with Crippen molar-refractivity contribution in [2.45, 2.75) is 39.7 Å². The Morgan fingerprint density at radius 1 is 1.33 bits per heavy atom. The summed E-state index contributed by atoms with van der Waals surface area (Å²) >= 11 is 3.65. The minimum atomic E-state index is 0.374. The molecule has 1 N–H and O–H groups in total. The summed E-state index contributed by atoms with van der Waals surface area (Å²) in [7, 11) is 1.71. The normalized spacial score (nSPS) is 14.3. The lowest BCUT2D eigenvalue weighted by Crippen LogP contribution is -2.27. The maximum absolute atomic E-state index is 5.33. The molecule has 0 saturated heterocycles. The molecule has 102 valence electrons. The first-order valence-electron chi connectivity index (χ1n) is 6.70. The molecular formula is C15H24BrNO. The minimum Gasteiger partial charge on any atom is -0.497 e. The molecule has 0 aliphatic rings. The smallest absolute Gasteiger partial charge is 0.119 e. The van der Waals surface area contributed by atoms with Crippen LogP contribution in [0.4, 0.5) is 0 Å². The number of benzene rings is 1. The van der Waals surface area contributed by atoms with Gasteiger partial charge in [-0.15, -0.1) is 0 Å². The summed E-state index contributed by atoms with van der Waals surface area (Å²) in [5.41, 5.74) is 1.29. The third-order valence-corrected chi connectivity index (χ3v) is 4.00. The molecular weight excluding hydrogens is 290 g/mol. The summed E-state index contributed by atoms with van der Waals surface area (Å²) < 4.78 is 6.48. The SMILES string of the molecule is CCCC(C)C(NCC)c1cc(OC)ccc1Br. The van der Waals surface area contributed by atoms with E-state index in [-0.39, 0.29) is 0 Å². The van der Waals surface area contributed by atoms with Crippen molar-refractivity contribution < 1.29 is 4.74 Å². The molecule has 0 fully saturated rings. The first-order valence-corrected chi connectivity index (χ1v) is 7.50. The molecule has 1 aromatic rings. The second-order valence-corrected chi connectivity index (χ2v) is 5.54. The number of halogens is 1. The van der Waals surface area contributed by atoms with Gasteiger partial charge in [0, 0.05) is 10.5 Å². The van der Waals surface area contributed by atoms with Crippen LogP contribution in [0.2, 0.25) is 0 Å². The molecule has 0 saturated carbocycles. The van der Waals surface area contributed by atoms with E-state index in [1.54, 1.807) is 7.11 Å². The number of rotatable bonds is 7. The molecule has 2 atom stereocenters. The Balaban J connectivity index is 3.03. The van der Waals surface area contributed by atoms with Crippen molar-refractivity contribution in [1.29, 1.82) is 0 Å². The number of ether oxygens (including phenoxy) is 1. The maximum atomic E-state index is 5.33. The van der Waals surface area contributed by atoms with E-state index in [1.807, 2.05) is 6.07 Å². The van der Waals surface area contributed by atoms with Gasteiger partial charge in [-0.25, -0.2) is 0 Å². The van der Waals surface area contributed by atoms with E-state index in [2.05, 4.69) is 54.2 Å². The highest BCUT2D eigenvalue weighted by Gasteiger charge is 2.20. The van der Waals surface area contributed by atoms with E-state index in [0.717, 1.165) is 16.8 Å². The van der Waals surface area contributed by atoms with Crippen LogP contribution in [0.25, 0.3) is 0 Å². The third-order valence-electron chi connectivity index (χ3n) is 3.28. The van der Waals surface area contributed by atoms with Crippen LogP contribution in [-0.4, -0.2) is 13.7 Å². The molecule has 0 heterocycles. The zero-order valence-electron chi connectivity index (χ0n) is 11.8. The largest absolute Gasteiger partial charge is 0.497 e. The zero-order chi connectivity index (χ0) is 13.5. The Morgan fingerprint density at radius 3 is 2.61 bits per heavy atom. The minimum absolute atomic E-state index is 0.374. The summed E-state index contributed by atoms with van der Waals surface area (Å²) in [5, 5.41) is 3.59. The van der Waals surface area contributed by atoms with Crippen LogP contribution in [0.5, 0.6) is 5.75 Å². The van der Waals surface area contributed by atoms with Gasteiger partial charge in [-0.1, -0.05) is 43.1 Å². The first-order chi connectivity index (χ1) is 8.63. The fourth-order valence-corrected chi connectivity index (χ4v) is 2.84. The van der Waals surface area contributed by atoms with Gasteiger partial charge in [-0.3, -0.25) is 0 Å². The molecule has 0 radical (unpaired) electrons. The van der Waals surface area contributed by atoms with E-state index in [1.165, 1.54) is 18.4 Å². The lowest BCUT2D eigenvalue weighted by atomic mass is 9.91. The lowest BCUT2D eigenvalue weighted by molar-refractivity contribution is 0.365. The van der Waals surface area contributed by atoms with Gasteiger partial charge in [-0.2, -0.15) is 0 Å². The van der Waals surface area contributed by atoms with Crippen molar-refractivity contribution in [2.75, 3.05) is 13.7 Å². The van der Waals surface area contributed by atoms with E-state index in [0.29, 0.717) is 12.0 Å². The van der Waals surface area contributed by atoms with Crippen molar-refractivity contribution in [3.8, 4) is 5.75 Å². The molecule has 0 aliphatic heterocycles. The Hall–Kier alpha value is -0.540. The number of nitrogens with one attached hydrogen (secondary N) is 1. The van der Waals surface area contributed by atoms with Gasteiger partial charge in [0.2, 0.25) is 0 Å². The number of hydrogen-bond acceptors (Lipinski definition) is 2. The fraction of sp³-hybridized carbons (Fsp3) is 0.600. The summed E-state index contributed by atoms with van der Waals surface area (Å²) in [5.74, 6) is 1.53. The van der Waals surface area contributed by atoms with Crippen molar-refractivity contribution in [2.24, 2.45) is 5.92 Å². The second-order valence-electron chi connectivity index (χ2n) is 4.69. The quantitative estimate of drug-likeness (QED) is 0.797. The van der Waals surface area contributed by atoms with Gasteiger partial charge in [-0.05, 0) is 42.6 Å². The van der Waals surface area contributed by atoms with Gasteiger partial charge in [0.1, 0.15) is 5.75 Å². The molecule has 1 aromatic carbocycles. The molecule has 0 bridgehead atoms. The molecule has 0 amide bonds. The van der Waals surface area contributed by atoms with Gasteiger partial charge in [0.15, 0.2) is 0 Å². The van der Waals surface area contributed by atoms with Crippen molar-refractivity contribution in [1.82, 2.24) is 5.32 Å². The van der Waals surface area contributed by atoms with E-state index in [9.17, 15) is 0 Å². The standard InChI is InChI=1S/C15H24BrNO/c1-5-7-11(3)15(17-6-2)13-10-12(18-4)8-9-14(13)16/h8-11,15,17H,5-7H2,1-4H3. The predicted octanol–water partition coefficient (Wildman–Crippen LogP) is 4.54. The molecule has 0 aromatic heterocycles. The van der Waals surface area contributed by atoms with E-state index in [4.69, 9.17) is 4.74 Å². The summed E-state index contributed by atoms with van der Waals surface area (Å²) in [4.78, 5) is 0. The van der Waals surface area contributed by atoms with Gasteiger partial charge in [0.05, 0.1) is 7.11 Å². The number of methoxy groups -OCH3 is 1. The van der Waals surface area contributed by atoms with Crippen LogP contribution in [0.3, 0.4) is 0 Å². The average molecular weight is 314 g/mol. The van der Waals surface area contributed by atoms with Crippen LogP contribution < -0.4 is 10.1 Å². The average Bonchev–Trinajstić information content (AvgIpc) is 2.37. The van der Waals surface area contributed by atoms with Crippen molar-refractivity contribution >= 4 is 15.9 Å². The van der Waals surface area contributed by atoms with E-state index >= 15 is 0 Å². The molecule has 0 spiro atoms. The third kappa shape index (κ3) is 3.99. The Labute approximate surface area is 119 Å². The lowest BCUT2D eigenvalue weighted by Gasteiger charge is -2.26. The highest BCUT2D eigenvalue weighted by Crippen LogP contribution is 2.33. The fourth-order valence-electron chi connectivity index (χ4n) is 2.35. The van der Waals surface area contributed by atoms with Crippen LogP contribution in [0.1, 0.15) is 45.2 Å². The Bertz CT molecular complexity index is 368. The second kappa shape index (κ2) is 7.80. The highest BCUT2D eigenvalue weighted by molar-refractivity contribution is 9.10. The van der Waals surface area contributed by atoms with Crippen molar-refractivity contribution in [3.63, 3.8) is 0 Å². The monoisotopic (exact) mass is 313 g/mol. The zero-order valence-corrected chi connectivity index (χ0v) is 13.4. The van der Waals surface area contributed by atoms with Gasteiger partial charge in [0.25, 0.3) is 0 Å². The molecule has 3 heteroatoms. The molecule has 1 rings (SSSR count). The maximum Gasteiger partial charge on any atom is 0.119 e. The molecule has 18 heavy (non-hydrogen) atoms. The topological polar surface area (TPSA) is 21.3 Å². The van der Waals surface area contributed by atoms with Crippen LogP contribution in [0, 0.1) is 5.92 Å². The van der Waals surface area contributed by atoms with Crippen LogP contribution in [-0.2, 0) is 0 Å². The summed E-state index contributed by atoms with van der Waals surface area (Å²) in [6, 6.07) is 6.56. The predicted molar refractivity (Wildman–Crippen MR) is 81.2 cm³/mol. The number of hydrogen-bond donors (Lipinski definition) is 1. The van der Waals surface area contributed by atoms with Crippen molar-refractivity contribution in [3.05, 3.63) is 28.2 Å². The highest BCUT2D eigenvalue weighted by atomic mass is 79.9.